The van der Waals surface area contributed by atoms with Crippen LogP contribution in [0, 0.1) is 0 Å². The van der Waals surface area contributed by atoms with Crippen molar-refractivity contribution in [1.82, 2.24) is 5.32 Å². The Labute approximate surface area is 142 Å². The molecule has 1 unspecified atom stereocenters. The normalized spacial score (nSPS) is 14.7. The molecule has 0 aromatic carbocycles. The number of carbonyl (C=O) groups is 2. The van der Waals surface area contributed by atoms with Gasteiger partial charge in [-0.2, -0.15) is 30.7 Å². The highest BCUT2D eigenvalue weighted by molar-refractivity contribution is 8.00. The van der Waals surface area contributed by atoms with Gasteiger partial charge < -0.3 is 14.8 Å². The first-order valence-corrected chi connectivity index (χ1v) is 7.47. The van der Waals surface area contributed by atoms with Crippen LogP contribution in [0.3, 0.4) is 0 Å². The van der Waals surface area contributed by atoms with Gasteiger partial charge in [0.05, 0.1) is 7.11 Å². The van der Waals surface area contributed by atoms with E-state index in [4.69, 9.17) is 4.74 Å². The Kier molecular flexibility index (Phi) is 7.43. The first kappa shape index (κ1) is 23.6. The average molecular weight is 403 g/mol. The molecule has 0 bridgehead atoms. The number of halogens is 7. The van der Waals surface area contributed by atoms with Crippen molar-refractivity contribution in [2.45, 2.75) is 49.8 Å². The van der Waals surface area contributed by atoms with Crippen LogP contribution in [-0.4, -0.2) is 53.9 Å². The van der Waals surface area contributed by atoms with Crippen molar-refractivity contribution in [3.05, 3.63) is 0 Å². The monoisotopic (exact) mass is 403 g/mol. The van der Waals surface area contributed by atoms with Crippen molar-refractivity contribution < 1.29 is 49.8 Å². The van der Waals surface area contributed by atoms with Gasteiger partial charge in [-0.15, -0.1) is 0 Å². The van der Waals surface area contributed by atoms with Crippen molar-refractivity contribution in [3.63, 3.8) is 0 Å². The van der Waals surface area contributed by atoms with Crippen LogP contribution < -0.4 is 5.32 Å². The van der Waals surface area contributed by atoms with Gasteiger partial charge in [0.15, 0.2) is 0 Å². The third kappa shape index (κ3) is 6.78. The summed E-state index contributed by atoms with van der Waals surface area (Å²) < 4.78 is 97.1. The van der Waals surface area contributed by atoms with E-state index >= 15 is 0 Å². The lowest BCUT2D eigenvalue weighted by Gasteiger charge is -2.28. The predicted octanol–water partition coefficient (Wildman–Crippen LogP) is 3.58. The predicted molar refractivity (Wildman–Crippen MR) is 73.6 cm³/mol. The van der Waals surface area contributed by atoms with Gasteiger partial charge in [-0.1, -0.05) is 11.8 Å². The molecular formula is C12H16F7NO4S. The van der Waals surface area contributed by atoms with Crippen molar-refractivity contribution in [1.29, 1.82) is 0 Å². The van der Waals surface area contributed by atoms with Gasteiger partial charge in [0.2, 0.25) is 0 Å². The highest BCUT2D eigenvalue weighted by Crippen LogP contribution is 2.51. The summed E-state index contributed by atoms with van der Waals surface area (Å²) in [7, 11) is 0.805. The number of ether oxygens (including phenoxy) is 2. The van der Waals surface area contributed by atoms with Crippen molar-refractivity contribution in [2.75, 3.05) is 12.9 Å². The quantitative estimate of drug-likeness (QED) is 0.543. The fourth-order valence-electron chi connectivity index (χ4n) is 1.20. The van der Waals surface area contributed by atoms with Crippen molar-refractivity contribution in [3.8, 4) is 0 Å². The van der Waals surface area contributed by atoms with E-state index in [9.17, 15) is 40.3 Å². The number of hydrogen-bond acceptors (Lipinski definition) is 5. The van der Waals surface area contributed by atoms with Crippen LogP contribution in [-0.2, 0) is 14.3 Å². The minimum Gasteiger partial charge on any atom is -0.467 e. The molecule has 13 heteroatoms. The summed E-state index contributed by atoms with van der Waals surface area (Å²) in [5, 5.41) is -3.81. The number of methoxy groups -OCH3 is 1. The Bertz CT molecular complexity index is 491. The summed E-state index contributed by atoms with van der Waals surface area (Å²) in [6, 6.07) is -1.93. The maximum absolute atomic E-state index is 13.2. The molecule has 1 amide bonds. The molecule has 0 heterocycles. The van der Waals surface area contributed by atoms with E-state index in [2.05, 4.69) is 4.74 Å². The van der Waals surface area contributed by atoms with E-state index in [0.29, 0.717) is 0 Å². The minimum absolute atomic E-state index is 0.805. The molecule has 0 aliphatic carbocycles. The number of hydrogen-bond donors (Lipinski definition) is 1. The van der Waals surface area contributed by atoms with Crippen LogP contribution in [0.1, 0.15) is 20.8 Å². The number of carbonyl (C=O) groups excluding carboxylic acids is 2. The largest absolute Gasteiger partial charge is 0.467 e. The zero-order valence-corrected chi connectivity index (χ0v) is 14.3. The molecular weight excluding hydrogens is 387 g/mol. The molecule has 0 aliphatic heterocycles. The SMILES string of the molecule is COC(=O)C(CSC(F)(F)C(F)(F)C(F)(F)F)NC(=O)OC(C)(C)C. The maximum atomic E-state index is 13.2. The third-order valence-corrected chi connectivity index (χ3v) is 3.45. The van der Waals surface area contributed by atoms with E-state index in [1.807, 2.05) is 0 Å². The van der Waals surface area contributed by atoms with Gasteiger partial charge in [0, 0.05) is 5.75 Å². The first-order valence-electron chi connectivity index (χ1n) is 6.48. The molecule has 0 aromatic heterocycles. The maximum Gasteiger partial charge on any atom is 0.460 e. The zero-order chi connectivity index (χ0) is 20.3. The molecule has 0 aromatic rings. The zero-order valence-electron chi connectivity index (χ0n) is 13.5. The molecule has 0 spiro atoms. The van der Waals surface area contributed by atoms with Crippen LogP contribution >= 0.6 is 11.8 Å². The van der Waals surface area contributed by atoms with Gasteiger partial charge in [-0.3, -0.25) is 0 Å². The second-order valence-corrected chi connectivity index (χ2v) is 6.76. The van der Waals surface area contributed by atoms with Crippen molar-refractivity contribution >= 4 is 23.8 Å². The fourth-order valence-corrected chi connectivity index (χ4v) is 2.10. The average Bonchev–Trinajstić information content (AvgIpc) is 2.39. The van der Waals surface area contributed by atoms with Gasteiger partial charge in [-0.25, -0.2) is 9.59 Å². The van der Waals surface area contributed by atoms with E-state index in [-0.39, 0.29) is 0 Å². The fraction of sp³-hybridized carbons (Fsp3) is 0.833. The molecule has 148 valence electrons. The summed E-state index contributed by atoms with van der Waals surface area (Å²) >= 11 is -1.15. The second-order valence-electron chi connectivity index (χ2n) is 5.62. The lowest BCUT2D eigenvalue weighted by Crippen LogP contribution is -2.52. The Morgan fingerprint density at radius 1 is 1.04 bits per heavy atom. The van der Waals surface area contributed by atoms with Crippen LogP contribution in [0.4, 0.5) is 35.5 Å². The number of amides is 1. The topological polar surface area (TPSA) is 64.6 Å². The Balaban J connectivity index is 5.13. The van der Waals surface area contributed by atoms with Gasteiger partial charge in [0.25, 0.3) is 0 Å². The molecule has 0 aliphatic rings. The molecule has 0 saturated carbocycles. The summed E-state index contributed by atoms with van der Waals surface area (Å²) in [5.41, 5.74) is -1.04. The molecule has 0 saturated heterocycles. The summed E-state index contributed by atoms with van der Waals surface area (Å²) in [4.78, 5) is 22.9. The number of thioether (sulfide) groups is 1. The number of nitrogens with one attached hydrogen (secondary N) is 1. The van der Waals surface area contributed by atoms with Crippen LogP contribution in [0.15, 0.2) is 0 Å². The highest BCUT2D eigenvalue weighted by Gasteiger charge is 2.73. The van der Waals surface area contributed by atoms with E-state index in [1.165, 1.54) is 20.8 Å². The number of rotatable bonds is 6. The Morgan fingerprint density at radius 3 is 1.88 bits per heavy atom. The molecule has 5 nitrogen and oxygen atoms in total. The van der Waals surface area contributed by atoms with E-state index in [1.54, 1.807) is 5.32 Å². The number of alkyl halides is 7. The Morgan fingerprint density at radius 2 is 1.52 bits per heavy atom. The standard InChI is InChI=1S/C12H16F7NO4S/c1-9(2,3)24-8(22)20-6(7(21)23-4)5-25-12(18,19)10(13,14)11(15,16)17/h6H,5H2,1-4H3,(H,20,22). The smallest absolute Gasteiger partial charge is 0.460 e. The van der Waals surface area contributed by atoms with Crippen LogP contribution in [0.5, 0.6) is 0 Å². The van der Waals surface area contributed by atoms with E-state index < -0.39 is 58.6 Å². The lowest BCUT2D eigenvalue weighted by molar-refractivity contribution is -0.330. The van der Waals surface area contributed by atoms with Crippen LogP contribution in [0.2, 0.25) is 0 Å². The van der Waals surface area contributed by atoms with Gasteiger partial charge in [0.1, 0.15) is 11.6 Å². The van der Waals surface area contributed by atoms with Crippen LogP contribution in [0.25, 0.3) is 0 Å². The highest BCUT2D eigenvalue weighted by atomic mass is 32.2. The molecule has 0 fully saturated rings. The lowest BCUT2D eigenvalue weighted by atomic mass is 10.2. The molecule has 0 rings (SSSR count). The molecule has 25 heavy (non-hydrogen) atoms. The number of alkyl carbamates (subject to hydrolysis) is 1. The molecule has 1 atom stereocenters. The third-order valence-electron chi connectivity index (χ3n) is 2.33. The van der Waals surface area contributed by atoms with E-state index in [0.717, 1.165) is 7.11 Å². The first-order chi connectivity index (χ1) is 10.9. The summed E-state index contributed by atoms with van der Waals surface area (Å²) in [6.45, 7) is 4.31. The van der Waals surface area contributed by atoms with Gasteiger partial charge >= 0.3 is 29.4 Å². The molecule has 1 N–H and O–H groups in total. The second kappa shape index (κ2) is 7.87. The van der Waals surface area contributed by atoms with Crippen molar-refractivity contribution in [2.24, 2.45) is 0 Å². The Hall–Kier alpha value is -1.40. The summed E-state index contributed by atoms with van der Waals surface area (Å²) in [6.07, 6.45) is -7.77. The summed E-state index contributed by atoms with van der Waals surface area (Å²) in [5.74, 6) is -8.98. The van der Waals surface area contributed by atoms with Gasteiger partial charge in [-0.05, 0) is 20.8 Å². The minimum atomic E-state index is -6.50. The molecule has 0 radical (unpaired) electrons. The number of esters is 1.